The average molecular weight is 256 g/mol. The van der Waals surface area contributed by atoms with Crippen LogP contribution in [0.25, 0.3) is 0 Å². The Hall–Kier alpha value is -1.87. The fourth-order valence-corrected chi connectivity index (χ4v) is 2.00. The second-order valence-electron chi connectivity index (χ2n) is 4.75. The minimum absolute atomic E-state index is 0.298. The van der Waals surface area contributed by atoms with Crippen molar-refractivity contribution in [3.63, 3.8) is 0 Å². The van der Waals surface area contributed by atoms with Crippen molar-refractivity contribution < 1.29 is 4.74 Å². The van der Waals surface area contributed by atoms with Gasteiger partial charge in [-0.3, -0.25) is 4.98 Å². The Kier molecular flexibility index (Phi) is 4.53. The van der Waals surface area contributed by atoms with E-state index >= 15 is 0 Å². The summed E-state index contributed by atoms with van der Waals surface area (Å²) in [6.45, 7) is 5.04. The first kappa shape index (κ1) is 13.6. The lowest BCUT2D eigenvalue weighted by molar-refractivity contribution is 0.414. The molecular formula is C16H20N2O. The number of nitrogens with zero attached hydrogens (tertiary/aromatic N) is 1. The lowest BCUT2D eigenvalue weighted by atomic mass is 10.1. The van der Waals surface area contributed by atoms with Gasteiger partial charge in [-0.1, -0.05) is 18.2 Å². The lowest BCUT2D eigenvalue weighted by Gasteiger charge is -2.14. The molecule has 1 N–H and O–H groups in total. The molecule has 0 aliphatic rings. The van der Waals surface area contributed by atoms with E-state index in [0.29, 0.717) is 6.04 Å². The number of ether oxygens (including phenoxy) is 1. The topological polar surface area (TPSA) is 34.1 Å². The van der Waals surface area contributed by atoms with Gasteiger partial charge in [0.05, 0.1) is 7.11 Å². The summed E-state index contributed by atoms with van der Waals surface area (Å²) in [6.07, 6.45) is 3.77. The first-order valence-electron chi connectivity index (χ1n) is 6.47. The van der Waals surface area contributed by atoms with Gasteiger partial charge in [-0.05, 0) is 42.7 Å². The van der Waals surface area contributed by atoms with Crippen LogP contribution in [0.2, 0.25) is 0 Å². The molecule has 2 rings (SSSR count). The van der Waals surface area contributed by atoms with Crippen molar-refractivity contribution in [2.24, 2.45) is 0 Å². The van der Waals surface area contributed by atoms with Crippen molar-refractivity contribution >= 4 is 0 Å². The maximum atomic E-state index is 5.16. The Balaban J connectivity index is 1.95. The van der Waals surface area contributed by atoms with E-state index in [2.05, 4.69) is 42.3 Å². The van der Waals surface area contributed by atoms with Gasteiger partial charge in [-0.15, -0.1) is 0 Å². The number of methoxy groups -OCH3 is 1. The van der Waals surface area contributed by atoms with Crippen molar-refractivity contribution in [3.8, 4) is 5.75 Å². The molecule has 0 unspecified atom stereocenters. The van der Waals surface area contributed by atoms with E-state index in [0.717, 1.165) is 12.3 Å². The number of nitrogens with one attached hydrogen (secondary N) is 1. The van der Waals surface area contributed by atoms with Crippen molar-refractivity contribution in [1.29, 1.82) is 0 Å². The number of aryl methyl sites for hydroxylation is 1. The molecule has 19 heavy (non-hydrogen) atoms. The summed E-state index contributed by atoms with van der Waals surface area (Å²) >= 11 is 0. The zero-order valence-electron chi connectivity index (χ0n) is 11.7. The first-order valence-corrected chi connectivity index (χ1v) is 6.47. The second kappa shape index (κ2) is 6.34. The van der Waals surface area contributed by atoms with E-state index in [4.69, 9.17) is 4.74 Å². The van der Waals surface area contributed by atoms with Gasteiger partial charge >= 0.3 is 0 Å². The van der Waals surface area contributed by atoms with Crippen LogP contribution in [0.3, 0.4) is 0 Å². The van der Waals surface area contributed by atoms with E-state index in [1.54, 1.807) is 7.11 Å². The molecule has 0 aliphatic heterocycles. The van der Waals surface area contributed by atoms with E-state index in [1.807, 2.05) is 24.5 Å². The molecule has 0 saturated carbocycles. The number of pyridine rings is 1. The maximum absolute atomic E-state index is 5.16. The SMILES string of the molecule is COc1ccc([C@@H](C)NCc2cncc(C)c2)cc1. The van der Waals surface area contributed by atoms with Gasteiger partial charge in [0.15, 0.2) is 0 Å². The summed E-state index contributed by atoms with van der Waals surface area (Å²) in [7, 11) is 1.68. The largest absolute Gasteiger partial charge is 0.497 e. The van der Waals surface area contributed by atoms with Gasteiger partial charge in [0.1, 0.15) is 5.75 Å². The van der Waals surface area contributed by atoms with Crippen LogP contribution in [0.5, 0.6) is 5.75 Å². The van der Waals surface area contributed by atoms with Crippen LogP contribution in [0.1, 0.15) is 29.7 Å². The average Bonchev–Trinajstić information content (AvgIpc) is 2.45. The summed E-state index contributed by atoms with van der Waals surface area (Å²) in [4.78, 5) is 4.20. The van der Waals surface area contributed by atoms with Crippen LogP contribution >= 0.6 is 0 Å². The lowest BCUT2D eigenvalue weighted by Crippen LogP contribution is -2.18. The number of hydrogen-bond acceptors (Lipinski definition) is 3. The summed E-state index contributed by atoms with van der Waals surface area (Å²) in [5, 5.41) is 3.50. The molecular weight excluding hydrogens is 236 g/mol. The highest BCUT2D eigenvalue weighted by Gasteiger charge is 2.05. The summed E-state index contributed by atoms with van der Waals surface area (Å²) in [5.74, 6) is 0.888. The molecule has 100 valence electrons. The Morgan fingerprint density at radius 2 is 1.95 bits per heavy atom. The van der Waals surface area contributed by atoms with Gasteiger partial charge in [-0.2, -0.15) is 0 Å². The van der Waals surface area contributed by atoms with Crippen LogP contribution < -0.4 is 10.1 Å². The minimum atomic E-state index is 0.298. The van der Waals surface area contributed by atoms with Crippen molar-refractivity contribution in [2.75, 3.05) is 7.11 Å². The predicted molar refractivity (Wildman–Crippen MR) is 77.2 cm³/mol. The standard InChI is InChI=1S/C16H20N2O/c1-12-8-14(10-17-9-12)11-18-13(2)15-4-6-16(19-3)7-5-15/h4-10,13,18H,11H2,1-3H3/t13-/m1/s1. The molecule has 0 amide bonds. The molecule has 0 saturated heterocycles. The first-order chi connectivity index (χ1) is 9.19. The number of rotatable bonds is 5. The molecule has 0 spiro atoms. The molecule has 3 nitrogen and oxygen atoms in total. The molecule has 0 aliphatic carbocycles. The summed E-state index contributed by atoms with van der Waals surface area (Å²) in [6, 6.07) is 10.6. The van der Waals surface area contributed by atoms with Gasteiger partial charge in [0.2, 0.25) is 0 Å². The van der Waals surface area contributed by atoms with Crippen LogP contribution in [-0.2, 0) is 6.54 Å². The molecule has 0 bridgehead atoms. The molecule has 0 fully saturated rings. The van der Waals surface area contributed by atoms with Crippen molar-refractivity contribution in [1.82, 2.24) is 10.3 Å². The number of hydrogen-bond donors (Lipinski definition) is 1. The van der Waals surface area contributed by atoms with Gasteiger partial charge in [0, 0.05) is 25.0 Å². The molecule has 3 heteroatoms. The molecule has 1 aromatic heterocycles. The smallest absolute Gasteiger partial charge is 0.118 e. The minimum Gasteiger partial charge on any atom is -0.497 e. The highest BCUT2D eigenvalue weighted by atomic mass is 16.5. The normalized spacial score (nSPS) is 12.2. The third-order valence-electron chi connectivity index (χ3n) is 3.16. The van der Waals surface area contributed by atoms with Crippen LogP contribution in [0.4, 0.5) is 0 Å². The number of benzene rings is 1. The van der Waals surface area contributed by atoms with Crippen LogP contribution in [-0.4, -0.2) is 12.1 Å². The van der Waals surface area contributed by atoms with Gasteiger partial charge in [0.25, 0.3) is 0 Å². The molecule has 1 heterocycles. The van der Waals surface area contributed by atoms with E-state index in [1.165, 1.54) is 16.7 Å². The van der Waals surface area contributed by atoms with E-state index in [-0.39, 0.29) is 0 Å². The van der Waals surface area contributed by atoms with Crippen LogP contribution in [0.15, 0.2) is 42.7 Å². The highest BCUT2D eigenvalue weighted by molar-refractivity contribution is 5.29. The summed E-state index contributed by atoms with van der Waals surface area (Å²) < 4.78 is 5.16. The maximum Gasteiger partial charge on any atom is 0.118 e. The van der Waals surface area contributed by atoms with Crippen molar-refractivity contribution in [2.45, 2.75) is 26.4 Å². The zero-order valence-corrected chi connectivity index (χ0v) is 11.7. The van der Waals surface area contributed by atoms with Gasteiger partial charge in [-0.25, -0.2) is 0 Å². The van der Waals surface area contributed by atoms with Crippen molar-refractivity contribution in [3.05, 3.63) is 59.4 Å². The fraction of sp³-hybridized carbons (Fsp3) is 0.312. The second-order valence-corrected chi connectivity index (χ2v) is 4.75. The third kappa shape index (κ3) is 3.80. The molecule has 1 aromatic carbocycles. The van der Waals surface area contributed by atoms with E-state index < -0.39 is 0 Å². The Morgan fingerprint density at radius 3 is 2.58 bits per heavy atom. The predicted octanol–water partition coefficient (Wildman–Crippen LogP) is 3.25. The van der Waals surface area contributed by atoms with Gasteiger partial charge < -0.3 is 10.1 Å². The Bertz CT molecular complexity index is 523. The van der Waals surface area contributed by atoms with E-state index in [9.17, 15) is 0 Å². The monoisotopic (exact) mass is 256 g/mol. The number of aromatic nitrogens is 1. The third-order valence-corrected chi connectivity index (χ3v) is 3.16. The Labute approximate surface area is 114 Å². The molecule has 1 atom stereocenters. The highest BCUT2D eigenvalue weighted by Crippen LogP contribution is 2.17. The molecule has 2 aromatic rings. The fourth-order valence-electron chi connectivity index (χ4n) is 2.00. The quantitative estimate of drug-likeness (QED) is 0.891. The zero-order chi connectivity index (χ0) is 13.7. The van der Waals surface area contributed by atoms with Crippen LogP contribution in [0, 0.1) is 6.92 Å². The summed E-state index contributed by atoms with van der Waals surface area (Å²) in [5.41, 5.74) is 3.65. The molecule has 0 radical (unpaired) electrons. The Morgan fingerprint density at radius 1 is 1.21 bits per heavy atom.